The first-order chi connectivity index (χ1) is 14.0. The molecule has 4 rings (SSSR count). The van der Waals surface area contributed by atoms with E-state index in [2.05, 4.69) is 21.6 Å². The minimum atomic E-state index is -0.502. The number of hydrogen-bond donors (Lipinski definition) is 2. The summed E-state index contributed by atoms with van der Waals surface area (Å²) in [7, 11) is 0. The monoisotopic (exact) mass is 415 g/mol. The number of fused-ring (bicyclic) bond motifs is 1. The van der Waals surface area contributed by atoms with Crippen molar-refractivity contribution < 1.29 is 14.0 Å². The Morgan fingerprint density at radius 3 is 2.62 bits per heavy atom. The van der Waals surface area contributed by atoms with E-state index in [0.29, 0.717) is 12.0 Å². The number of nitrogens with one attached hydrogen (secondary N) is 2. The minimum Gasteiger partial charge on any atom is -0.349 e. The van der Waals surface area contributed by atoms with Gasteiger partial charge in [-0.05, 0) is 60.7 Å². The molecule has 5 nitrogen and oxygen atoms in total. The van der Waals surface area contributed by atoms with E-state index in [0.717, 1.165) is 49.3 Å². The zero-order valence-electron chi connectivity index (χ0n) is 16.0. The molecule has 2 aliphatic rings. The average molecular weight is 416 g/mol. The number of halogens is 2. The topological polar surface area (TPSA) is 61.4 Å². The zero-order valence-corrected chi connectivity index (χ0v) is 16.7. The molecular weight excluding hydrogens is 393 g/mol. The predicted molar refractivity (Wildman–Crippen MR) is 111 cm³/mol. The summed E-state index contributed by atoms with van der Waals surface area (Å²) in [6.45, 7) is 2.55. The number of nitrogens with zero attached hydrogens (tertiary/aromatic N) is 1. The third-order valence-corrected chi connectivity index (χ3v) is 5.90. The van der Waals surface area contributed by atoms with Crippen LogP contribution < -0.4 is 10.6 Å². The normalized spacial score (nSPS) is 20.1. The van der Waals surface area contributed by atoms with Crippen LogP contribution in [0.4, 0.5) is 10.1 Å². The molecule has 29 heavy (non-hydrogen) atoms. The highest BCUT2D eigenvalue weighted by Crippen LogP contribution is 2.27. The molecule has 1 fully saturated rings. The molecule has 0 radical (unpaired) electrons. The van der Waals surface area contributed by atoms with Gasteiger partial charge in [0.05, 0.1) is 0 Å². The second kappa shape index (κ2) is 8.51. The lowest BCUT2D eigenvalue weighted by molar-refractivity contribution is -0.116. The van der Waals surface area contributed by atoms with Gasteiger partial charge in [-0.3, -0.25) is 14.5 Å². The Bertz CT molecular complexity index is 911. The first kappa shape index (κ1) is 19.9. The highest BCUT2D eigenvalue weighted by atomic mass is 35.5. The molecule has 0 spiro atoms. The van der Waals surface area contributed by atoms with Gasteiger partial charge in [-0.1, -0.05) is 12.1 Å². The molecule has 2 aromatic rings. The third-order valence-electron chi connectivity index (χ3n) is 5.55. The van der Waals surface area contributed by atoms with Gasteiger partial charge in [-0.15, -0.1) is 11.6 Å². The third kappa shape index (κ3) is 4.77. The Morgan fingerprint density at radius 2 is 1.90 bits per heavy atom. The molecule has 0 aromatic heterocycles. The molecular formula is C22H23ClFN3O2. The summed E-state index contributed by atoms with van der Waals surface area (Å²) in [6.07, 6.45) is 2.28. The Labute approximate surface area is 174 Å². The van der Waals surface area contributed by atoms with Gasteiger partial charge in [0.1, 0.15) is 11.2 Å². The maximum Gasteiger partial charge on any atom is 0.251 e. The van der Waals surface area contributed by atoms with Crippen molar-refractivity contribution in [3.63, 3.8) is 0 Å². The van der Waals surface area contributed by atoms with Crippen LogP contribution in [0.15, 0.2) is 42.5 Å². The molecule has 2 heterocycles. The van der Waals surface area contributed by atoms with Crippen molar-refractivity contribution >= 4 is 29.1 Å². The maximum absolute atomic E-state index is 13.0. The van der Waals surface area contributed by atoms with Crippen molar-refractivity contribution in [2.24, 2.45) is 0 Å². The standard InChI is InChI=1S/C22H23ClFN3O2/c23-19-12-16-2-1-14(11-20(16)26-22(19)29)13-27-9-7-18(8-10-27)25-21(28)15-3-5-17(24)6-4-15/h1-6,11,18-19H,7-10,12-13H2,(H,25,28)(H,26,29). The molecule has 1 atom stereocenters. The van der Waals surface area contributed by atoms with E-state index in [1.807, 2.05) is 12.1 Å². The number of likely N-dealkylation sites (tertiary alicyclic amines) is 1. The molecule has 0 aliphatic carbocycles. The number of amides is 2. The number of rotatable bonds is 4. The quantitative estimate of drug-likeness (QED) is 0.753. The van der Waals surface area contributed by atoms with E-state index in [1.54, 1.807) is 0 Å². The fraction of sp³-hybridized carbons (Fsp3) is 0.364. The van der Waals surface area contributed by atoms with E-state index in [-0.39, 0.29) is 23.7 Å². The van der Waals surface area contributed by atoms with E-state index >= 15 is 0 Å². The zero-order chi connectivity index (χ0) is 20.4. The van der Waals surface area contributed by atoms with Crippen molar-refractivity contribution in [1.29, 1.82) is 0 Å². The van der Waals surface area contributed by atoms with Crippen LogP contribution >= 0.6 is 11.6 Å². The van der Waals surface area contributed by atoms with Crippen LogP contribution in [0.25, 0.3) is 0 Å². The highest BCUT2D eigenvalue weighted by molar-refractivity contribution is 6.33. The van der Waals surface area contributed by atoms with Crippen molar-refractivity contribution in [3.05, 3.63) is 65.0 Å². The van der Waals surface area contributed by atoms with Gasteiger partial charge in [-0.25, -0.2) is 4.39 Å². The summed E-state index contributed by atoms with van der Waals surface area (Å²) >= 11 is 6.02. The van der Waals surface area contributed by atoms with Gasteiger partial charge in [0.25, 0.3) is 5.91 Å². The number of anilines is 1. The number of carbonyl (C=O) groups is 2. The smallest absolute Gasteiger partial charge is 0.251 e. The van der Waals surface area contributed by atoms with Crippen LogP contribution in [0.2, 0.25) is 0 Å². The second-order valence-corrected chi connectivity index (χ2v) is 8.21. The van der Waals surface area contributed by atoms with Crippen molar-refractivity contribution in [2.75, 3.05) is 18.4 Å². The van der Waals surface area contributed by atoms with Gasteiger partial charge in [-0.2, -0.15) is 0 Å². The van der Waals surface area contributed by atoms with Gasteiger partial charge < -0.3 is 10.6 Å². The van der Waals surface area contributed by atoms with E-state index < -0.39 is 5.38 Å². The highest BCUT2D eigenvalue weighted by Gasteiger charge is 2.25. The molecule has 1 unspecified atom stereocenters. The molecule has 2 aromatic carbocycles. The van der Waals surface area contributed by atoms with Crippen LogP contribution in [0.1, 0.15) is 34.3 Å². The number of benzene rings is 2. The molecule has 2 N–H and O–H groups in total. The average Bonchev–Trinajstić information content (AvgIpc) is 2.71. The summed E-state index contributed by atoms with van der Waals surface area (Å²) in [5, 5.41) is 5.41. The molecule has 2 aliphatic heterocycles. The molecule has 1 saturated heterocycles. The van der Waals surface area contributed by atoms with Gasteiger partial charge in [0.2, 0.25) is 5.91 Å². The molecule has 152 valence electrons. The fourth-order valence-corrected chi connectivity index (χ4v) is 4.10. The van der Waals surface area contributed by atoms with Crippen molar-refractivity contribution in [1.82, 2.24) is 10.2 Å². The van der Waals surface area contributed by atoms with Gasteiger partial charge in [0.15, 0.2) is 0 Å². The number of hydrogen-bond acceptors (Lipinski definition) is 3. The SMILES string of the molecule is O=C(NC1CCN(Cc2ccc3c(c2)NC(=O)C(Cl)C3)CC1)c1ccc(F)cc1. The Hall–Kier alpha value is -2.44. The van der Waals surface area contributed by atoms with E-state index in [1.165, 1.54) is 24.3 Å². The largest absolute Gasteiger partial charge is 0.349 e. The Balaban J connectivity index is 1.29. The van der Waals surface area contributed by atoms with Crippen LogP contribution in [0.3, 0.4) is 0 Å². The number of piperidine rings is 1. The lowest BCUT2D eigenvalue weighted by atomic mass is 9.99. The lowest BCUT2D eigenvalue weighted by Crippen LogP contribution is -2.44. The summed E-state index contributed by atoms with van der Waals surface area (Å²) in [5.74, 6) is -0.653. The lowest BCUT2D eigenvalue weighted by Gasteiger charge is -2.32. The summed E-state index contributed by atoms with van der Waals surface area (Å²) in [4.78, 5) is 26.4. The van der Waals surface area contributed by atoms with Gasteiger partial charge >= 0.3 is 0 Å². The predicted octanol–water partition coefficient (Wildman–Crippen LogP) is 3.32. The molecule has 0 saturated carbocycles. The second-order valence-electron chi connectivity index (χ2n) is 7.68. The first-order valence-electron chi connectivity index (χ1n) is 9.83. The molecule has 0 bridgehead atoms. The Morgan fingerprint density at radius 1 is 1.17 bits per heavy atom. The summed E-state index contributed by atoms with van der Waals surface area (Å²) in [6, 6.07) is 11.9. The number of alkyl halides is 1. The maximum atomic E-state index is 13.0. The molecule has 7 heteroatoms. The molecule has 2 amide bonds. The Kier molecular flexibility index (Phi) is 5.83. The number of carbonyl (C=O) groups excluding carboxylic acids is 2. The van der Waals surface area contributed by atoms with E-state index in [4.69, 9.17) is 11.6 Å². The van der Waals surface area contributed by atoms with Gasteiger partial charge in [0, 0.05) is 36.9 Å². The van der Waals surface area contributed by atoms with Crippen LogP contribution in [-0.2, 0) is 17.8 Å². The van der Waals surface area contributed by atoms with Crippen LogP contribution in [0, 0.1) is 5.82 Å². The summed E-state index contributed by atoms with van der Waals surface area (Å²) in [5.41, 5.74) is 3.54. The summed E-state index contributed by atoms with van der Waals surface area (Å²) < 4.78 is 13.0. The van der Waals surface area contributed by atoms with E-state index in [9.17, 15) is 14.0 Å². The first-order valence-corrected chi connectivity index (χ1v) is 10.3. The van der Waals surface area contributed by atoms with Crippen LogP contribution in [-0.4, -0.2) is 41.2 Å². The fourth-order valence-electron chi connectivity index (χ4n) is 3.88. The van der Waals surface area contributed by atoms with Crippen molar-refractivity contribution in [2.45, 2.75) is 37.2 Å². The van der Waals surface area contributed by atoms with Crippen LogP contribution in [0.5, 0.6) is 0 Å². The van der Waals surface area contributed by atoms with Crippen molar-refractivity contribution in [3.8, 4) is 0 Å². The minimum absolute atomic E-state index is 0.118.